The lowest BCUT2D eigenvalue weighted by Gasteiger charge is -2.24. The van der Waals surface area contributed by atoms with Crippen LogP contribution in [0.1, 0.15) is 17.3 Å². The van der Waals surface area contributed by atoms with E-state index in [2.05, 4.69) is 10.4 Å². The Bertz CT molecular complexity index is 580. The number of hydrogen-bond acceptors (Lipinski definition) is 4. The first kappa shape index (κ1) is 12.0. The van der Waals surface area contributed by atoms with Gasteiger partial charge in [0.15, 0.2) is 11.5 Å². The second-order valence-electron chi connectivity index (χ2n) is 4.51. The van der Waals surface area contributed by atoms with Crippen LogP contribution in [-0.4, -0.2) is 30.0 Å². The molecular weight excluding hydrogens is 242 g/mol. The van der Waals surface area contributed by atoms with Crippen LogP contribution in [0.3, 0.4) is 0 Å². The number of para-hydroxylation sites is 1. The number of benzene rings is 1. The zero-order chi connectivity index (χ0) is 13.2. The van der Waals surface area contributed by atoms with Crippen LogP contribution in [0.15, 0.2) is 30.5 Å². The van der Waals surface area contributed by atoms with Gasteiger partial charge in [0.2, 0.25) is 0 Å². The van der Waals surface area contributed by atoms with Gasteiger partial charge >= 0.3 is 0 Å². The van der Waals surface area contributed by atoms with Gasteiger partial charge < -0.3 is 14.8 Å². The van der Waals surface area contributed by atoms with Crippen LogP contribution in [-0.2, 0) is 7.05 Å². The quantitative estimate of drug-likeness (QED) is 0.907. The fourth-order valence-electron chi connectivity index (χ4n) is 2.37. The molecule has 0 amide bonds. The number of rotatable bonds is 3. The fourth-order valence-corrected chi connectivity index (χ4v) is 2.37. The molecule has 1 aliphatic rings. The van der Waals surface area contributed by atoms with Crippen LogP contribution in [0.2, 0.25) is 0 Å². The SMILES string of the molecule is CNC(c1ccn(C)n1)c1cccc2c1OCCO2. The van der Waals surface area contributed by atoms with E-state index in [0.717, 1.165) is 22.8 Å². The topological polar surface area (TPSA) is 48.3 Å². The zero-order valence-electron chi connectivity index (χ0n) is 11.1. The molecule has 5 heteroatoms. The molecule has 2 aromatic rings. The summed E-state index contributed by atoms with van der Waals surface area (Å²) in [6.07, 6.45) is 1.94. The molecule has 0 bridgehead atoms. The Labute approximate surface area is 112 Å². The first-order valence-corrected chi connectivity index (χ1v) is 6.35. The minimum absolute atomic E-state index is 0.00199. The van der Waals surface area contributed by atoms with Crippen LogP contribution in [0, 0.1) is 0 Å². The molecule has 0 saturated heterocycles. The molecular formula is C14H17N3O2. The Balaban J connectivity index is 2.04. The predicted octanol–water partition coefficient (Wildman–Crippen LogP) is 1.50. The molecule has 100 valence electrons. The van der Waals surface area contributed by atoms with E-state index < -0.39 is 0 Å². The maximum Gasteiger partial charge on any atom is 0.166 e. The van der Waals surface area contributed by atoms with Crippen LogP contribution in [0.4, 0.5) is 0 Å². The summed E-state index contributed by atoms with van der Waals surface area (Å²) >= 11 is 0. The van der Waals surface area contributed by atoms with Crippen molar-refractivity contribution in [2.45, 2.75) is 6.04 Å². The number of nitrogens with zero attached hydrogens (tertiary/aromatic N) is 2. The second-order valence-corrected chi connectivity index (χ2v) is 4.51. The van der Waals surface area contributed by atoms with Crippen molar-refractivity contribution in [1.29, 1.82) is 0 Å². The van der Waals surface area contributed by atoms with Crippen molar-refractivity contribution < 1.29 is 9.47 Å². The molecule has 0 fully saturated rings. The van der Waals surface area contributed by atoms with Gasteiger partial charge in [0.1, 0.15) is 13.2 Å². The van der Waals surface area contributed by atoms with Gasteiger partial charge in [-0.15, -0.1) is 0 Å². The summed E-state index contributed by atoms with van der Waals surface area (Å²) in [5.74, 6) is 1.62. The molecule has 0 saturated carbocycles. The highest BCUT2D eigenvalue weighted by atomic mass is 16.6. The average Bonchev–Trinajstić information content (AvgIpc) is 2.86. The summed E-state index contributed by atoms with van der Waals surface area (Å²) in [6.45, 7) is 1.19. The summed E-state index contributed by atoms with van der Waals surface area (Å²) in [5.41, 5.74) is 2.02. The molecule has 1 aliphatic heterocycles. The highest BCUT2D eigenvalue weighted by molar-refractivity contribution is 5.50. The summed E-state index contributed by atoms with van der Waals surface area (Å²) in [5, 5.41) is 7.75. The maximum atomic E-state index is 5.77. The number of fused-ring (bicyclic) bond motifs is 1. The van der Waals surface area contributed by atoms with Gasteiger partial charge in [-0.1, -0.05) is 12.1 Å². The van der Waals surface area contributed by atoms with Crippen molar-refractivity contribution >= 4 is 0 Å². The van der Waals surface area contributed by atoms with Gasteiger partial charge in [0.05, 0.1) is 11.7 Å². The Hall–Kier alpha value is -2.01. The lowest BCUT2D eigenvalue weighted by Crippen LogP contribution is -2.22. The van der Waals surface area contributed by atoms with E-state index in [1.807, 2.05) is 44.6 Å². The Morgan fingerprint density at radius 1 is 1.26 bits per heavy atom. The minimum Gasteiger partial charge on any atom is -0.486 e. The molecule has 3 rings (SSSR count). The molecule has 1 unspecified atom stereocenters. The van der Waals surface area contributed by atoms with Crippen molar-refractivity contribution in [1.82, 2.24) is 15.1 Å². The smallest absolute Gasteiger partial charge is 0.166 e. The van der Waals surface area contributed by atoms with Gasteiger partial charge in [-0.3, -0.25) is 4.68 Å². The van der Waals surface area contributed by atoms with E-state index in [1.54, 1.807) is 4.68 Å². The van der Waals surface area contributed by atoms with Crippen LogP contribution in [0.25, 0.3) is 0 Å². The van der Waals surface area contributed by atoms with Gasteiger partial charge in [-0.05, 0) is 19.2 Å². The number of ether oxygens (including phenoxy) is 2. The van der Waals surface area contributed by atoms with Gasteiger partial charge in [-0.2, -0.15) is 5.10 Å². The number of hydrogen-bond donors (Lipinski definition) is 1. The summed E-state index contributed by atoms with van der Waals surface area (Å²) < 4.78 is 13.2. The van der Waals surface area contributed by atoms with E-state index >= 15 is 0 Å². The maximum absolute atomic E-state index is 5.77. The Kier molecular flexibility index (Phi) is 3.13. The summed E-state index contributed by atoms with van der Waals surface area (Å²) in [4.78, 5) is 0. The van der Waals surface area contributed by atoms with Crippen LogP contribution >= 0.6 is 0 Å². The number of aromatic nitrogens is 2. The summed E-state index contributed by atoms with van der Waals surface area (Å²) in [7, 11) is 3.83. The van der Waals surface area contributed by atoms with Gasteiger partial charge in [0.25, 0.3) is 0 Å². The van der Waals surface area contributed by atoms with Gasteiger partial charge in [0, 0.05) is 18.8 Å². The monoisotopic (exact) mass is 259 g/mol. The van der Waals surface area contributed by atoms with E-state index in [0.29, 0.717) is 13.2 Å². The third-order valence-electron chi connectivity index (χ3n) is 3.23. The zero-order valence-corrected chi connectivity index (χ0v) is 11.1. The standard InChI is InChI=1S/C14H17N3O2/c1-15-13(11-6-7-17(2)16-11)10-4-3-5-12-14(10)19-9-8-18-12/h3-7,13,15H,8-9H2,1-2H3. The van der Waals surface area contributed by atoms with Crippen LogP contribution in [0.5, 0.6) is 11.5 Å². The molecule has 2 heterocycles. The molecule has 19 heavy (non-hydrogen) atoms. The Morgan fingerprint density at radius 2 is 2.11 bits per heavy atom. The third kappa shape index (κ3) is 2.17. The van der Waals surface area contributed by atoms with Gasteiger partial charge in [-0.25, -0.2) is 0 Å². The number of nitrogens with one attached hydrogen (secondary N) is 1. The lowest BCUT2D eigenvalue weighted by atomic mass is 10.0. The third-order valence-corrected chi connectivity index (χ3v) is 3.23. The minimum atomic E-state index is -0.00199. The molecule has 1 N–H and O–H groups in total. The largest absolute Gasteiger partial charge is 0.486 e. The van der Waals surface area contributed by atoms with E-state index in [1.165, 1.54) is 0 Å². The first-order chi connectivity index (χ1) is 9.29. The van der Waals surface area contributed by atoms with E-state index in [4.69, 9.17) is 9.47 Å². The fraction of sp³-hybridized carbons (Fsp3) is 0.357. The molecule has 1 aromatic carbocycles. The normalized spacial score (nSPS) is 15.3. The second kappa shape index (κ2) is 4.93. The van der Waals surface area contributed by atoms with Crippen LogP contribution < -0.4 is 14.8 Å². The molecule has 0 aliphatic carbocycles. The highest BCUT2D eigenvalue weighted by Gasteiger charge is 2.23. The van der Waals surface area contributed by atoms with E-state index in [-0.39, 0.29) is 6.04 Å². The van der Waals surface area contributed by atoms with Crippen molar-refractivity contribution in [3.8, 4) is 11.5 Å². The average molecular weight is 259 g/mol. The lowest BCUT2D eigenvalue weighted by molar-refractivity contribution is 0.169. The number of aryl methyl sites for hydroxylation is 1. The molecule has 1 atom stereocenters. The van der Waals surface area contributed by atoms with Crippen molar-refractivity contribution in [3.05, 3.63) is 41.7 Å². The van der Waals surface area contributed by atoms with Crippen molar-refractivity contribution in [2.24, 2.45) is 7.05 Å². The predicted molar refractivity (Wildman–Crippen MR) is 71.5 cm³/mol. The van der Waals surface area contributed by atoms with E-state index in [9.17, 15) is 0 Å². The Morgan fingerprint density at radius 3 is 2.84 bits per heavy atom. The highest BCUT2D eigenvalue weighted by Crippen LogP contribution is 2.38. The summed E-state index contributed by atoms with van der Waals surface area (Å²) in [6, 6.07) is 7.96. The molecule has 0 spiro atoms. The molecule has 0 radical (unpaired) electrons. The van der Waals surface area contributed by atoms with Crippen molar-refractivity contribution in [2.75, 3.05) is 20.3 Å². The van der Waals surface area contributed by atoms with Crippen molar-refractivity contribution in [3.63, 3.8) is 0 Å². The molecule has 1 aromatic heterocycles. The molecule has 5 nitrogen and oxygen atoms in total. The first-order valence-electron chi connectivity index (χ1n) is 6.35.